The quantitative estimate of drug-likeness (QED) is 0.184. The molecule has 0 N–H and O–H groups in total. The van der Waals surface area contributed by atoms with E-state index in [0.717, 1.165) is 23.5 Å². The number of benzene rings is 3. The fraction of sp³-hybridized carbons (Fsp3) is 0.0385. The van der Waals surface area contributed by atoms with Crippen LogP contribution in [-0.2, 0) is 15.6 Å². The van der Waals surface area contributed by atoms with Crippen LogP contribution in [0.4, 0.5) is 0 Å². The molecular weight excluding hydrogens is 526 g/mol. The molecule has 1 aliphatic rings. The van der Waals surface area contributed by atoms with Gasteiger partial charge < -0.3 is 0 Å². The molecular formula is C26H19Cl4FeO. The Hall–Kier alpha value is -1.77. The Kier molecular flexibility index (Phi) is 7.63. The molecule has 0 bridgehead atoms. The Morgan fingerprint density at radius 2 is 1.09 bits per heavy atom. The van der Waals surface area contributed by atoms with Gasteiger partial charge in [-0.3, -0.25) is 0 Å². The summed E-state index contributed by atoms with van der Waals surface area (Å²) < 4.78 is 6.34. The van der Waals surface area contributed by atoms with Gasteiger partial charge in [0.25, 0.3) is 0 Å². The molecule has 1 aliphatic carbocycles. The van der Waals surface area contributed by atoms with E-state index in [1.807, 2.05) is 18.2 Å². The predicted molar refractivity (Wildman–Crippen MR) is 135 cm³/mol. The molecule has 4 aromatic rings. The van der Waals surface area contributed by atoms with Crippen LogP contribution >= 0.6 is 40.4 Å². The third-order valence-electron chi connectivity index (χ3n) is 5.08. The van der Waals surface area contributed by atoms with E-state index in [4.69, 9.17) is 44.8 Å². The molecule has 1 heterocycles. The van der Waals surface area contributed by atoms with E-state index in [9.17, 15) is 0 Å². The second-order valence-corrected chi connectivity index (χ2v) is 18.1. The topological polar surface area (TPSA) is 11.3 Å². The standard InChI is InChI=1S/C26H19O.4ClH.Fe/c1-4-10-19(11-5-1)22-16-24-23(20-12-6-2-7-13-20)18-25(27-26(24)17-22)21-14-8-3-9-15-21;;;;;/h1-15,17-18H,16H2;4*1H;/q+1;;;;;+3/p-4. The summed E-state index contributed by atoms with van der Waals surface area (Å²) in [5, 5.41) is 0. The zero-order chi connectivity index (χ0) is 22.6. The average Bonchev–Trinajstić information content (AvgIpc) is 3.23. The van der Waals surface area contributed by atoms with Gasteiger partial charge in [-0.2, -0.15) is 0 Å². The first kappa shape index (κ1) is 23.4. The van der Waals surface area contributed by atoms with Gasteiger partial charge >= 0.3 is 61.1 Å². The van der Waals surface area contributed by atoms with E-state index < -0.39 is 9.20 Å². The first-order valence-corrected chi connectivity index (χ1v) is 15.9. The molecule has 0 saturated heterocycles. The normalized spacial score (nSPS) is 12.9. The average molecular weight is 545 g/mol. The van der Waals surface area contributed by atoms with Gasteiger partial charge in [0, 0.05) is 18.1 Å². The van der Waals surface area contributed by atoms with Crippen LogP contribution in [0.2, 0.25) is 0 Å². The number of rotatable bonds is 3. The second kappa shape index (κ2) is 10.4. The van der Waals surface area contributed by atoms with Crippen molar-refractivity contribution in [2.24, 2.45) is 0 Å². The molecule has 0 aliphatic heterocycles. The molecule has 1 aromatic heterocycles. The fourth-order valence-electron chi connectivity index (χ4n) is 3.72. The summed E-state index contributed by atoms with van der Waals surface area (Å²) in [6.07, 6.45) is 3.09. The van der Waals surface area contributed by atoms with Gasteiger partial charge in [0.15, 0.2) is 0 Å². The molecule has 0 saturated carbocycles. The molecule has 6 heteroatoms. The maximum absolute atomic E-state index is 6.34. The number of fused-ring (bicyclic) bond motifs is 1. The second-order valence-electron chi connectivity index (χ2n) is 7.11. The molecule has 0 spiro atoms. The maximum atomic E-state index is 6.34. The van der Waals surface area contributed by atoms with E-state index in [0.29, 0.717) is 0 Å². The zero-order valence-electron chi connectivity index (χ0n) is 16.8. The van der Waals surface area contributed by atoms with Crippen molar-refractivity contribution in [1.82, 2.24) is 0 Å². The van der Waals surface area contributed by atoms with Gasteiger partial charge in [0.2, 0.25) is 0 Å². The van der Waals surface area contributed by atoms with Gasteiger partial charge in [-0.15, -0.1) is 0 Å². The van der Waals surface area contributed by atoms with Crippen molar-refractivity contribution in [3.8, 4) is 22.5 Å². The van der Waals surface area contributed by atoms with E-state index in [-0.39, 0.29) is 0 Å². The number of allylic oxidation sites excluding steroid dienone is 1. The fourth-order valence-corrected chi connectivity index (χ4v) is 3.72. The number of hydrogen-bond acceptors (Lipinski definition) is 0. The van der Waals surface area contributed by atoms with Gasteiger partial charge in [0.05, 0.1) is 17.2 Å². The van der Waals surface area contributed by atoms with Crippen molar-refractivity contribution >= 4 is 52.0 Å². The van der Waals surface area contributed by atoms with E-state index in [1.54, 1.807) is 0 Å². The monoisotopic (exact) mass is 543 g/mol. The molecule has 5 rings (SSSR count). The third-order valence-corrected chi connectivity index (χ3v) is 5.08. The first-order valence-electron chi connectivity index (χ1n) is 9.79. The van der Waals surface area contributed by atoms with Gasteiger partial charge in [-0.05, 0) is 28.8 Å². The van der Waals surface area contributed by atoms with Crippen LogP contribution in [0.15, 0.2) is 101 Å². The third kappa shape index (κ3) is 6.17. The Bertz CT molecular complexity index is 1220. The van der Waals surface area contributed by atoms with E-state index in [1.165, 1.54) is 27.8 Å². The molecule has 32 heavy (non-hydrogen) atoms. The summed E-state index contributed by atoms with van der Waals surface area (Å²) in [4.78, 5) is 0. The summed E-state index contributed by atoms with van der Waals surface area (Å²) >= 11 is 0. The Balaban J connectivity index is 0.000000444. The first-order chi connectivity index (χ1) is 15.4. The van der Waals surface area contributed by atoms with Crippen molar-refractivity contribution < 1.29 is 13.6 Å². The number of halogens is 4. The van der Waals surface area contributed by atoms with Gasteiger partial charge in [-0.1, -0.05) is 78.9 Å². The van der Waals surface area contributed by atoms with Crippen LogP contribution in [0.1, 0.15) is 16.9 Å². The summed E-state index contributed by atoms with van der Waals surface area (Å²) in [7, 11) is 17.2. The molecule has 0 unspecified atom stereocenters. The molecule has 0 radical (unpaired) electrons. The molecule has 165 valence electrons. The van der Waals surface area contributed by atoms with Crippen molar-refractivity contribution in [1.29, 1.82) is 0 Å². The summed E-state index contributed by atoms with van der Waals surface area (Å²) in [5.74, 6) is 1.87. The zero-order valence-corrected chi connectivity index (χ0v) is 20.9. The van der Waals surface area contributed by atoms with E-state index in [2.05, 4.69) is 84.9 Å². The molecule has 0 amide bonds. The van der Waals surface area contributed by atoms with Crippen LogP contribution in [0.25, 0.3) is 34.1 Å². The minimum atomic E-state index is -2.61. The summed E-state index contributed by atoms with van der Waals surface area (Å²) in [6, 6.07) is 33.6. The predicted octanol–water partition coefficient (Wildman–Crippen LogP) is 9.75. The number of hydrogen-bond donors (Lipinski definition) is 0. The minimum absolute atomic E-state index is 0.891. The van der Waals surface area contributed by atoms with Crippen LogP contribution < -0.4 is 0 Å². The van der Waals surface area contributed by atoms with Crippen molar-refractivity contribution in [2.75, 3.05) is 0 Å². The summed E-state index contributed by atoms with van der Waals surface area (Å²) in [5.41, 5.74) is 7.39. The molecule has 1 nitrogen and oxygen atoms in total. The molecule has 3 aromatic carbocycles. The van der Waals surface area contributed by atoms with E-state index >= 15 is 0 Å². The molecule has 0 fully saturated rings. The Morgan fingerprint density at radius 1 is 0.625 bits per heavy atom. The van der Waals surface area contributed by atoms with Crippen LogP contribution in [0.3, 0.4) is 0 Å². The molecule has 0 atom stereocenters. The Morgan fingerprint density at radius 3 is 1.62 bits per heavy atom. The van der Waals surface area contributed by atoms with Crippen molar-refractivity contribution in [2.45, 2.75) is 6.42 Å². The van der Waals surface area contributed by atoms with Gasteiger partial charge in [0.1, 0.15) is 0 Å². The SMILES string of the molecule is C1=C(c2ccccc2)Cc2c(-c3ccccc3)cc(-c3ccccc3)[o+]c21.[Cl][Fe-]([Cl])([Cl])[Cl]. The Labute approximate surface area is 207 Å². The van der Waals surface area contributed by atoms with Crippen molar-refractivity contribution in [3.05, 3.63) is 114 Å². The van der Waals surface area contributed by atoms with Gasteiger partial charge in [-0.25, -0.2) is 4.42 Å². The van der Waals surface area contributed by atoms with Crippen LogP contribution in [0.5, 0.6) is 0 Å². The van der Waals surface area contributed by atoms with Crippen LogP contribution in [-0.4, -0.2) is 0 Å². The summed E-state index contributed by atoms with van der Waals surface area (Å²) in [6.45, 7) is 0. The van der Waals surface area contributed by atoms with Crippen LogP contribution in [0, 0.1) is 0 Å². The van der Waals surface area contributed by atoms with Crippen molar-refractivity contribution in [3.63, 3.8) is 0 Å².